The van der Waals surface area contributed by atoms with Gasteiger partial charge in [-0.1, -0.05) is 48.5 Å². The number of esters is 1. The van der Waals surface area contributed by atoms with Crippen LogP contribution in [0.4, 0.5) is 0 Å². The van der Waals surface area contributed by atoms with Gasteiger partial charge in [-0.15, -0.1) is 0 Å². The first-order chi connectivity index (χ1) is 10.6. The van der Waals surface area contributed by atoms with E-state index in [-0.39, 0.29) is 5.69 Å². The number of primary amides is 1. The summed E-state index contributed by atoms with van der Waals surface area (Å²) in [6, 6.07) is 17.8. The van der Waals surface area contributed by atoms with Gasteiger partial charge in [-0.25, -0.2) is 4.79 Å². The predicted molar refractivity (Wildman–Crippen MR) is 82.1 cm³/mol. The minimum atomic E-state index is -1.11. The molecule has 1 heterocycles. The summed E-state index contributed by atoms with van der Waals surface area (Å²) in [4.78, 5) is 26.8. The normalized spacial score (nSPS) is 12.0. The van der Waals surface area contributed by atoms with E-state index in [4.69, 9.17) is 10.5 Å². The molecule has 0 spiro atoms. The van der Waals surface area contributed by atoms with Gasteiger partial charge in [-0.2, -0.15) is 0 Å². The second-order valence-corrected chi connectivity index (χ2v) is 4.87. The average Bonchev–Trinajstić information content (AvgIpc) is 2.97. The molecule has 0 saturated heterocycles. The van der Waals surface area contributed by atoms with Crippen LogP contribution in [0.1, 0.15) is 22.2 Å². The van der Waals surface area contributed by atoms with Gasteiger partial charge in [0.05, 0.1) is 0 Å². The van der Waals surface area contributed by atoms with Gasteiger partial charge in [-0.3, -0.25) is 4.79 Å². The molecule has 22 heavy (non-hydrogen) atoms. The highest BCUT2D eigenvalue weighted by molar-refractivity contribution is 5.96. The highest BCUT2D eigenvalue weighted by Gasteiger charge is 2.24. The maximum absolute atomic E-state index is 12.2. The van der Waals surface area contributed by atoms with Crippen LogP contribution in [0.5, 0.6) is 0 Å². The van der Waals surface area contributed by atoms with Crippen LogP contribution in [-0.4, -0.2) is 16.9 Å². The van der Waals surface area contributed by atoms with E-state index in [0.717, 1.165) is 10.9 Å². The molecular weight excluding hydrogens is 280 g/mol. The molecule has 1 amide bonds. The Balaban J connectivity index is 1.86. The smallest absolute Gasteiger partial charge is 0.355 e. The number of aromatic amines is 1. The first-order valence-corrected chi connectivity index (χ1v) is 6.78. The standard InChI is InChI=1S/C17H14N2O3/c18-16(20)15(11-6-2-1-3-7-11)22-17(21)14-10-12-8-4-5-9-13(12)19-14/h1-10,15,19H,(H2,18,20). The molecule has 1 atom stereocenters. The van der Waals surface area contributed by atoms with Crippen molar-refractivity contribution in [3.8, 4) is 0 Å². The van der Waals surface area contributed by atoms with Crippen LogP contribution in [0.3, 0.4) is 0 Å². The van der Waals surface area contributed by atoms with E-state index in [1.807, 2.05) is 24.3 Å². The topological polar surface area (TPSA) is 85.2 Å². The number of benzene rings is 2. The molecule has 0 aliphatic carbocycles. The minimum Gasteiger partial charge on any atom is -0.443 e. The predicted octanol–water partition coefficient (Wildman–Crippen LogP) is 2.55. The van der Waals surface area contributed by atoms with Crippen molar-refractivity contribution in [2.75, 3.05) is 0 Å². The van der Waals surface area contributed by atoms with Gasteiger partial charge in [0.25, 0.3) is 5.91 Å². The number of aromatic nitrogens is 1. The Morgan fingerprint density at radius 1 is 1.00 bits per heavy atom. The van der Waals surface area contributed by atoms with Crippen LogP contribution < -0.4 is 5.73 Å². The van der Waals surface area contributed by atoms with Crippen molar-refractivity contribution < 1.29 is 14.3 Å². The highest BCUT2D eigenvalue weighted by atomic mass is 16.5. The number of carbonyl (C=O) groups is 2. The Morgan fingerprint density at radius 2 is 1.68 bits per heavy atom. The van der Waals surface area contributed by atoms with Gasteiger partial charge in [-0.05, 0) is 12.1 Å². The number of hydrogen-bond acceptors (Lipinski definition) is 3. The van der Waals surface area contributed by atoms with E-state index < -0.39 is 18.0 Å². The fourth-order valence-electron chi connectivity index (χ4n) is 2.27. The number of nitrogens with one attached hydrogen (secondary N) is 1. The second-order valence-electron chi connectivity index (χ2n) is 4.87. The molecule has 5 nitrogen and oxygen atoms in total. The van der Waals surface area contributed by atoms with E-state index in [9.17, 15) is 9.59 Å². The summed E-state index contributed by atoms with van der Waals surface area (Å²) < 4.78 is 5.27. The first kappa shape index (κ1) is 13.9. The van der Waals surface area contributed by atoms with Crippen LogP contribution in [0.2, 0.25) is 0 Å². The molecule has 110 valence electrons. The first-order valence-electron chi connectivity index (χ1n) is 6.78. The van der Waals surface area contributed by atoms with Crippen LogP contribution in [0.25, 0.3) is 10.9 Å². The zero-order valence-corrected chi connectivity index (χ0v) is 11.7. The molecular formula is C17H14N2O3. The summed E-state index contributed by atoms with van der Waals surface area (Å²) in [6.07, 6.45) is -1.11. The molecule has 5 heteroatoms. The number of hydrogen-bond donors (Lipinski definition) is 2. The van der Waals surface area contributed by atoms with Crippen molar-refractivity contribution in [2.24, 2.45) is 5.73 Å². The molecule has 1 aromatic heterocycles. The number of H-pyrrole nitrogens is 1. The van der Waals surface area contributed by atoms with E-state index in [2.05, 4.69) is 4.98 Å². The minimum absolute atomic E-state index is 0.281. The molecule has 0 bridgehead atoms. The van der Waals surface area contributed by atoms with Crippen LogP contribution in [0, 0.1) is 0 Å². The molecule has 3 rings (SSSR count). The third kappa shape index (κ3) is 2.69. The number of fused-ring (bicyclic) bond motifs is 1. The number of carbonyl (C=O) groups excluding carboxylic acids is 2. The van der Waals surface area contributed by atoms with Crippen LogP contribution >= 0.6 is 0 Å². The van der Waals surface area contributed by atoms with Crippen molar-refractivity contribution in [3.05, 3.63) is 71.9 Å². The van der Waals surface area contributed by atoms with Gasteiger partial charge < -0.3 is 15.5 Å². The molecule has 1 unspecified atom stereocenters. The van der Waals surface area contributed by atoms with Crippen molar-refractivity contribution in [2.45, 2.75) is 6.10 Å². The summed E-state index contributed by atoms with van der Waals surface area (Å²) in [7, 11) is 0. The molecule has 0 aliphatic rings. The van der Waals surface area contributed by atoms with Gasteiger partial charge in [0.2, 0.25) is 6.10 Å². The van der Waals surface area contributed by atoms with Gasteiger partial charge in [0, 0.05) is 16.5 Å². The Kier molecular flexibility index (Phi) is 3.62. The Labute approximate surface area is 126 Å². The number of ether oxygens (including phenoxy) is 1. The van der Waals surface area contributed by atoms with Crippen LogP contribution in [0.15, 0.2) is 60.7 Å². The number of para-hydroxylation sites is 1. The van der Waals surface area contributed by atoms with Gasteiger partial charge in [0.1, 0.15) is 5.69 Å². The molecule has 0 radical (unpaired) electrons. The quantitative estimate of drug-likeness (QED) is 0.725. The lowest BCUT2D eigenvalue weighted by Gasteiger charge is -2.14. The number of nitrogens with two attached hydrogens (primary N) is 1. The molecule has 0 saturated carbocycles. The summed E-state index contributed by atoms with van der Waals surface area (Å²) in [5.41, 5.74) is 6.99. The number of rotatable bonds is 4. The summed E-state index contributed by atoms with van der Waals surface area (Å²) in [6.45, 7) is 0. The van der Waals surface area contributed by atoms with E-state index in [1.165, 1.54) is 0 Å². The third-order valence-electron chi connectivity index (χ3n) is 3.34. The van der Waals surface area contributed by atoms with E-state index in [1.54, 1.807) is 36.4 Å². The Hall–Kier alpha value is -3.08. The maximum atomic E-state index is 12.2. The molecule has 3 aromatic rings. The zero-order valence-electron chi connectivity index (χ0n) is 11.7. The average molecular weight is 294 g/mol. The zero-order chi connectivity index (χ0) is 15.5. The Bertz CT molecular complexity index is 791. The van der Waals surface area contributed by atoms with Crippen molar-refractivity contribution >= 4 is 22.8 Å². The largest absolute Gasteiger partial charge is 0.443 e. The van der Waals surface area contributed by atoms with Gasteiger partial charge >= 0.3 is 5.97 Å². The lowest BCUT2D eigenvalue weighted by molar-refractivity contribution is -0.127. The molecule has 3 N–H and O–H groups in total. The van der Waals surface area contributed by atoms with Crippen molar-refractivity contribution in [1.29, 1.82) is 0 Å². The lowest BCUT2D eigenvalue weighted by Crippen LogP contribution is -2.26. The fourth-order valence-corrected chi connectivity index (χ4v) is 2.27. The Morgan fingerprint density at radius 3 is 2.36 bits per heavy atom. The SMILES string of the molecule is NC(=O)C(OC(=O)c1cc2ccccc2[nH]1)c1ccccc1. The third-order valence-corrected chi connectivity index (χ3v) is 3.34. The second kappa shape index (κ2) is 5.73. The molecule has 0 fully saturated rings. The maximum Gasteiger partial charge on any atom is 0.355 e. The van der Waals surface area contributed by atoms with Gasteiger partial charge in [0.15, 0.2) is 0 Å². The molecule has 2 aromatic carbocycles. The lowest BCUT2D eigenvalue weighted by atomic mass is 10.1. The summed E-state index contributed by atoms with van der Waals surface area (Å²) >= 11 is 0. The molecule has 0 aliphatic heterocycles. The van der Waals surface area contributed by atoms with Crippen molar-refractivity contribution in [1.82, 2.24) is 4.98 Å². The monoisotopic (exact) mass is 294 g/mol. The fraction of sp³-hybridized carbons (Fsp3) is 0.0588. The van der Waals surface area contributed by atoms with Crippen molar-refractivity contribution in [3.63, 3.8) is 0 Å². The van der Waals surface area contributed by atoms with E-state index in [0.29, 0.717) is 5.56 Å². The number of amides is 1. The van der Waals surface area contributed by atoms with E-state index >= 15 is 0 Å². The summed E-state index contributed by atoms with van der Waals surface area (Å²) in [5.74, 6) is -1.33. The highest BCUT2D eigenvalue weighted by Crippen LogP contribution is 2.20. The summed E-state index contributed by atoms with van der Waals surface area (Å²) in [5, 5.41) is 0.893. The van der Waals surface area contributed by atoms with Crippen LogP contribution in [-0.2, 0) is 9.53 Å².